The van der Waals surface area contributed by atoms with E-state index in [1.54, 1.807) is 0 Å². The normalized spacial score (nSPS) is 25.7. The highest BCUT2D eigenvalue weighted by atomic mass is 16.1. The first-order chi connectivity index (χ1) is 8.35. The largest absolute Gasteiger partial charge is 0.368 e. The van der Waals surface area contributed by atoms with Crippen molar-refractivity contribution in [3.8, 4) is 0 Å². The molecule has 106 valence electrons. The Hall–Kier alpha value is -0.610. The van der Waals surface area contributed by atoms with Gasteiger partial charge in [-0.1, -0.05) is 12.8 Å². The number of nitrogens with two attached hydrogens (primary N) is 1. The summed E-state index contributed by atoms with van der Waals surface area (Å²) in [5.41, 5.74) is 4.96. The summed E-state index contributed by atoms with van der Waals surface area (Å²) >= 11 is 0. The molecular weight excluding hydrogens is 226 g/mol. The number of likely N-dealkylation sites (tertiary alicyclic amines) is 1. The van der Waals surface area contributed by atoms with Crippen molar-refractivity contribution in [3.05, 3.63) is 0 Å². The summed E-state index contributed by atoms with van der Waals surface area (Å²) in [5.74, 6) is -0.257. The van der Waals surface area contributed by atoms with Crippen molar-refractivity contribution in [1.29, 1.82) is 0 Å². The molecule has 1 amide bonds. The Balaban J connectivity index is 2.72. The van der Waals surface area contributed by atoms with Gasteiger partial charge < -0.3 is 11.1 Å². The first-order valence-electron chi connectivity index (χ1n) is 7.17. The third-order valence-corrected chi connectivity index (χ3v) is 3.86. The van der Waals surface area contributed by atoms with E-state index in [1.807, 2.05) is 20.8 Å². The monoisotopic (exact) mass is 255 g/mol. The van der Waals surface area contributed by atoms with E-state index >= 15 is 0 Å². The molecular formula is C14H29N3O. The summed E-state index contributed by atoms with van der Waals surface area (Å²) in [5, 5.41) is 3.33. The zero-order valence-corrected chi connectivity index (χ0v) is 12.3. The third-order valence-electron chi connectivity index (χ3n) is 3.86. The van der Waals surface area contributed by atoms with Gasteiger partial charge in [-0.15, -0.1) is 0 Å². The highest BCUT2D eigenvalue weighted by molar-refractivity contribution is 5.84. The van der Waals surface area contributed by atoms with Crippen LogP contribution in [-0.4, -0.2) is 41.5 Å². The van der Waals surface area contributed by atoms with Gasteiger partial charge in [-0.3, -0.25) is 9.69 Å². The molecule has 1 fully saturated rings. The first-order valence-corrected chi connectivity index (χ1v) is 7.17. The van der Waals surface area contributed by atoms with Crippen molar-refractivity contribution in [2.75, 3.05) is 13.1 Å². The lowest BCUT2D eigenvalue weighted by Gasteiger charge is -2.37. The summed E-state index contributed by atoms with van der Waals surface area (Å²) in [6, 6.07) is 0.796. The van der Waals surface area contributed by atoms with E-state index < -0.39 is 5.54 Å². The maximum Gasteiger partial charge on any atom is 0.238 e. The molecule has 0 saturated carbocycles. The molecule has 0 spiro atoms. The Kier molecular flexibility index (Phi) is 5.60. The summed E-state index contributed by atoms with van der Waals surface area (Å²) in [7, 11) is 0. The SMILES string of the molecule is CC(C)NC(C)(CN1CCCCCC1C)C(N)=O. The van der Waals surface area contributed by atoms with Crippen molar-refractivity contribution in [3.63, 3.8) is 0 Å². The molecule has 1 aliphatic heterocycles. The molecule has 0 bridgehead atoms. The average Bonchev–Trinajstić information content (AvgIpc) is 2.43. The molecule has 1 saturated heterocycles. The van der Waals surface area contributed by atoms with Gasteiger partial charge in [0.2, 0.25) is 5.91 Å². The van der Waals surface area contributed by atoms with Gasteiger partial charge in [0, 0.05) is 18.6 Å². The van der Waals surface area contributed by atoms with E-state index in [4.69, 9.17) is 5.73 Å². The molecule has 2 unspecified atom stereocenters. The Morgan fingerprint density at radius 1 is 1.44 bits per heavy atom. The fourth-order valence-electron chi connectivity index (χ4n) is 2.81. The Morgan fingerprint density at radius 3 is 2.67 bits per heavy atom. The average molecular weight is 255 g/mol. The second-order valence-electron chi connectivity index (χ2n) is 6.16. The molecule has 0 radical (unpaired) electrons. The molecule has 0 aromatic rings. The Labute approximate surface area is 111 Å². The summed E-state index contributed by atoms with van der Waals surface area (Å²) in [6.07, 6.45) is 5.03. The van der Waals surface area contributed by atoms with Crippen molar-refractivity contribution in [2.45, 2.75) is 71.0 Å². The summed E-state index contributed by atoms with van der Waals surface area (Å²) in [6.45, 7) is 10.1. The molecule has 18 heavy (non-hydrogen) atoms. The number of carbonyl (C=O) groups is 1. The van der Waals surface area contributed by atoms with E-state index in [1.165, 1.54) is 25.7 Å². The van der Waals surface area contributed by atoms with E-state index in [0.717, 1.165) is 6.54 Å². The van der Waals surface area contributed by atoms with Crippen LogP contribution in [0.25, 0.3) is 0 Å². The van der Waals surface area contributed by atoms with Gasteiger partial charge in [-0.05, 0) is 47.1 Å². The minimum Gasteiger partial charge on any atom is -0.368 e. The number of primary amides is 1. The lowest BCUT2D eigenvalue weighted by Crippen LogP contribution is -2.62. The number of nitrogens with one attached hydrogen (secondary N) is 1. The van der Waals surface area contributed by atoms with Crippen LogP contribution in [0.3, 0.4) is 0 Å². The maximum atomic E-state index is 11.8. The van der Waals surface area contributed by atoms with E-state index in [2.05, 4.69) is 17.1 Å². The second-order valence-corrected chi connectivity index (χ2v) is 6.16. The predicted molar refractivity (Wildman–Crippen MR) is 75.4 cm³/mol. The van der Waals surface area contributed by atoms with E-state index in [-0.39, 0.29) is 11.9 Å². The van der Waals surface area contributed by atoms with Crippen LogP contribution >= 0.6 is 0 Å². The minimum atomic E-state index is -0.632. The van der Waals surface area contributed by atoms with Crippen molar-refractivity contribution >= 4 is 5.91 Å². The lowest BCUT2D eigenvalue weighted by atomic mass is 9.98. The molecule has 1 aliphatic rings. The molecule has 3 N–H and O–H groups in total. The standard InChI is InChI=1S/C14H29N3O/c1-11(2)16-14(4,13(15)18)10-17-9-7-5-6-8-12(17)3/h11-12,16H,5-10H2,1-4H3,(H2,15,18). The van der Waals surface area contributed by atoms with Gasteiger partial charge in [0.1, 0.15) is 5.54 Å². The van der Waals surface area contributed by atoms with E-state index in [0.29, 0.717) is 12.6 Å². The van der Waals surface area contributed by atoms with Crippen molar-refractivity contribution in [1.82, 2.24) is 10.2 Å². The van der Waals surface area contributed by atoms with Gasteiger partial charge in [-0.25, -0.2) is 0 Å². The van der Waals surface area contributed by atoms with Crippen molar-refractivity contribution in [2.24, 2.45) is 5.73 Å². The fourth-order valence-corrected chi connectivity index (χ4v) is 2.81. The van der Waals surface area contributed by atoms with Crippen LogP contribution < -0.4 is 11.1 Å². The highest BCUT2D eigenvalue weighted by Gasteiger charge is 2.35. The topological polar surface area (TPSA) is 58.4 Å². The molecule has 0 aromatic heterocycles. The van der Waals surface area contributed by atoms with Crippen LogP contribution in [0.5, 0.6) is 0 Å². The van der Waals surface area contributed by atoms with Crippen molar-refractivity contribution < 1.29 is 4.79 Å². The van der Waals surface area contributed by atoms with Gasteiger partial charge in [0.05, 0.1) is 0 Å². The number of amides is 1. The zero-order valence-electron chi connectivity index (χ0n) is 12.3. The molecule has 1 heterocycles. The Bertz CT molecular complexity index is 280. The molecule has 4 nitrogen and oxygen atoms in total. The lowest BCUT2D eigenvalue weighted by molar-refractivity contribution is -0.125. The smallest absolute Gasteiger partial charge is 0.238 e. The fraction of sp³-hybridized carbons (Fsp3) is 0.929. The zero-order chi connectivity index (χ0) is 13.8. The van der Waals surface area contributed by atoms with Gasteiger partial charge in [0.15, 0.2) is 0 Å². The number of nitrogens with zero attached hydrogens (tertiary/aromatic N) is 1. The third kappa shape index (κ3) is 4.25. The Morgan fingerprint density at radius 2 is 2.11 bits per heavy atom. The number of hydrogen-bond donors (Lipinski definition) is 2. The van der Waals surface area contributed by atoms with Gasteiger partial charge >= 0.3 is 0 Å². The minimum absolute atomic E-state index is 0.254. The highest BCUT2D eigenvalue weighted by Crippen LogP contribution is 2.19. The maximum absolute atomic E-state index is 11.8. The van der Waals surface area contributed by atoms with Crippen LogP contribution in [0.1, 0.15) is 53.4 Å². The van der Waals surface area contributed by atoms with Crippen LogP contribution in [0.4, 0.5) is 0 Å². The van der Waals surface area contributed by atoms with Crippen LogP contribution in [-0.2, 0) is 4.79 Å². The molecule has 0 aromatic carbocycles. The van der Waals surface area contributed by atoms with Crippen LogP contribution in [0.15, 0.2) is 0 Å². The molecule has 1 rings (SSSR count). The first kappa shape index (κ1) is 15.4. The number of carbonyl (C=O) groups excluding carboxylic acids is 1. The number of hydrogen-bond acceptors (Lipinski definition) is 3. The van der Waals surface area contributed by atoms with Gasteiger partial charge in [0.25, 0.3) is 0 Å². The summed E-state index contributed by atoms with van der Waals surface area (Å²) < 4.78 is 0. The molecule has 4 heteroatoms. The molecule has 0 aliphatic carbocycles. The van der Waals surface area contributed by atoms with Gasteiger partial charge in [-0.2, -0.15) is 0 Å². The molecule has 2 atom stereocenters. The van der Waals surface area contributed by atoms with E-state index in [9.17, 15) is 4.79 Å². The second kappa shape index (κ2) is 6.53. The quantitative estimate of drug-likeness (QED) is 0.782. The summed E-state index contributed by atoms with van der Waals surface area (Å²) in [4.78, 5) is 14.2. The van der Waals surface area contributed by atoms with Crippen LogP contribution in [0.2, 0.25) is 0 Å². The predicted octanol–water partition coefficient (Wildman–Crippen LogP) is 1.49. The number of rotatable bonds is 5. The van der Waals surface area contributed by atoms with Crippen LogP contribution in [0, 0.1) is 0 Å².